The number of carbonyl (C=O) groups excluding carboxylic acids is 3. The molecule has 37 heavy (non-hydrogen) atoms. The number of carbonyl (C=O) groups is 3. The molecule has 0 radical (unpaired) electrons. The first-order valence-corrected chi connectivity index (χ1v) is 11.8. The van der Waals surface area contributed by atoms with Crippen LogP contribution in [0.3, 0.4) is 0 Å². The molecule has 4 N–H and O–H groups in total. The SMILES string of the molecule is Cc1ccccc1C(=O)Nc1[nH]nc(C(=O)NC2N=C(c3ccccc3)c3ccccc3NC2=O)c1Cl. The van der Waals surface area contributed by atoms with E-state index >= 15 is 0 Å². The molecule has 3 aromatic carbocycles. The Bertz CT molecular complexity index is 1550. The summed E-state index contributed by atoms with van der Waals surface area (Å²) in [7, 11) is 0. The molecule has 1 aliphatic heterocycles. The molecular weight excluding hydrogens is 492 g/mol. The Labute approximate surface area is 217 Å². The lowest BCUT2D eigenvalue weighted by Crippen LogP contribution is -2.42. The zero-order valence-electron chi connectivity index (χ0n) is 19.6. The number of amides is 3. The largest absolute Gasteiger partial charge is 0.322 e. The molecule has 184 valence electrons. The number of aromatic nitrogens is 2. The van der Waals surface area contributed by atoms with E-state index in [2.05, 4.69) is 31.1 Å². The molecule has 2 heterocycles. The predicted octanol–water partition coefficient (Wildman–Crippen LogP) is 4.17. The number of aliphatic imine (C=N–C) groups is 1. The van der Waals surface area contributed by atoms with Gasteiger partial charge in [-0.3, -0.25) is 19.5 Å². The first-order chi connectivity index (χ1) is 17.9. The number of fused-ring (bicyclic) bond motifs is 1. The predicted molar refractivity (Wildman–Crippen MR) is 141 cm³/mol. The van der Waals surface area contributed by atoms with E-state index in [0.717, 1.165) is 16.7 Å². The van der Waals surface area contributed by atoms with Crippen molar-refractivity contribution in [1.29, 1.82) is 0 Å². The van der Waals surface area contributed by atoms with Crippen LogP contribution in [-0.2, 0) is 4.79 Å². The van der Waals surface area contributed by atoms with Gasteiger partial charge >= 0.3 is 0 Å². The first-order valence-electron chi connectivity index (χ1n) is 11.4. The molecule has 0 bridgehead atoms. The highest BCUT2D eigenvalue weighted by Crippen LogP contribution is 2.26. The van der Waals surface area contributed by atoms with Crippen molar-refractivity contribution >= 4 is 46.5 Å². The van der Waals surface area contributed by atoms with Crippen LogP contribution >= 0.6 is 11.6 Å². The lowest BCUT2D eigenvalue weighted by Gasteiger charge is -2.12. The van der Waals surface area contributed by atoms with Gasteiger partial charge in [0.2, 0.25) is 6.17 Å². The van der Waals surface area contributed by atoms with Crippen LogP contribution in [-0.4, -0.2) is 39.8 Å². The number of aromatic amines is 1. The van der Waals surface area contributed by atoms with Gasteiger partial charge < -0.3 is 16.0 Å². The number of benzodiazepines with no additional fused rings is 1. The molecular formula is C27H21ClN6O3. The van der Waals surface area contributed by atoms with Gasteiger partial charge in [0.05, 0.1) is 11.4 Å². The second kappa shape index (κ2) is 10.1. The van der Waals surface area contributed by atoms with E-state index in [1.54, 1.807) is 24.3 Å². The molecule has 1 aromatic heterocycles. The second-order valence-corrected chi connectivity index (χ2v) is 8.66. The van der Waals surface area contributed by atoms with Crippen molar-refractivity contribution < 1.29 is 14.4 Å². The maximum absolute atomic E-state index is 13.1. The third kappa shape index (κ3) is 4.85. The van der Waals surface area contributed by atoms with Gasteiger partial charge in [-0.15, -0.1) is 0 Å². The number of H-pyrrole nitrogens is 1. The second-order valence-electron chi connectivity index (χ2n) is 8.28. The summed E-state index contributed by atoms with van der Waals surface area (Å²) in [6, 6.07) is 23.7. The fraction of sp³-hybridized carbons (Fsp3) is 0.0741. The molecule has 10 heteroatoms. The van der Waals surface area contributed by atoms with Crippen molar-refractivity contribution in [3.05, 3.63) is 112 Å². The van der Waals surface area contributed by atoms with Crippen LogP contribution in [0.5, 0.6) is 0 Å². The molecule has 3 amide bonds. The van der Waals surface area contributed by atoms with Crippen LogP contribution < -0.4 is 16.0 Å². The molecule has 0 spiro atoms. The van der Waals surface area contributed by atoms with Gasteiger partial charge in [0.25, 0.3) is 17.7 Å². The average molecular weight is 513 g/mol. The third-order valence-corrected chi connectivity index (χ3v) is 6.18. The van der Waals surface area contributed by atoms with Crippen molar-refractivity contribution in [2.45, 2.75) is 13.1 Å². The summed E-state index contributed by atoms with van der Waals surface area (Å²) in [5.74, 6) is -1.61. The zero-order valence-corrected chi connectivity index (χ0v) is 20.3. The third-order valence-electron chi connectivity index (χ3n) is 5.81. The summed E-state index contributed by atoms with van der Waals surface area (Å²) in [6.45, 7) is 1.81. The minimum atomic E-state index is -1.26. The van der Waals surface area contributed by atoms with Crippen LogP contribution in [0.15, 0.2) is 83.9 Å². The highest BCUT2D eigenvalue weighted by atomic mass is 35.5. The standard InChI is InChI=1S/C27H21ClN6O3/c1-15-9-5-6-12-17(15)25(35)31-23-20(28)22(33-34-23)26(36)32-24-27(37)29-19-14-8-7-13-18(19)21(30-24)16-10-3-2-4-11-16/h2-14,24H,1H3,(H,29,37)(H,32,36)(H2,31,33,34,35). The van der Waals surface area contributed by atoms with E-state index in [4.69, 9.17) is 11.6 Å². The van der Waals surface area contributed by atoms with Crippen molar-refractivity contribution in [2.24, 2.45) is 4.99 Å². The minimum absolute atomic E-state index is 0.0614. The molecule has 0 aliphatic carbocycles. The number of para-hydroxylation sites is 1. The van der Waals surface area contributed by atoms with E-state index < -0.39 is 23.9 Å². The summed E-state index contributed by atoms with van der Waals surface area (Å²) in [6.07, 6.45) is -1.26. The topological polar surface area (TPSA) is 128 Å². The maximum atomic E-state index is 13.1. The fourth-order valence-electron chi connectivity index (χ4n) is 3.94. The van der Waals surface area contributed by atoms with Gasteiger partial charge in [0, 0.05) is 16.7 Å². The molecule has 1 atom stereocenters. The first kappa shape index (κ1) is 24.0. The summed E-state index contributed by atoms with van der Waals surface area (Å²) in [4.78, 5) is 43.3. The number of rotatable bonds is 5. The van der Waals surface area contributed by atoms with Crippen molar-refractivity contribution in [1.82, 2.24) is 15.5 Å². The van der Waals surface area contributed by atoms with Gasteiger partial charge in [-0.25, -0.2) is 4.99 Å². The number of nitrogens with one attached hydrogen (secondary N) is 4. The molecule has 0 saturated heterocycles. The fourth-order valence-corrected chi connectivity index (χ4v) is 4.16. The number of anilines is 2. The molecule has 0 saturated carbocycles. The molecule has 1 unspecified atom stereocenters. The van der Waals surface area contributed by atoms with Crippen molar-refractivity contribution in [3.63, 3.8) is 0 Å². The van der Waals surface area contributed by atoms with Gasteiger partial charge in [0.1, 0.15) is 10.8 Å². The van der Waals surface area contributed by atoms with Gasteiger partial charge in [0.15, 0.2) is 5.69 Å². The number of benzene rings is 3. The average Bonchev–Trinajstić information content (AvgIpc) is 3.20. The summed E-state index contributed by atoms with van der Waals surface area (Å²) in [5, 5.41) is 14.5. The monoisotopic (exact) mass is 512 g/mol. The lowest BCUT2D eigenvalue weighted by molar-refractivity contribution is -0.117. The van der Waals surface area contributed by atoms with Crippen LogP contribution in [0, 0.1) is 6.92 Å². The number of nitrogens with zero attached hydrogens (tertiary/aromatic N) is 2. The smallest absolute Gasteiger partial charge is 0.275 e. The highest BCUT2D eigenvalue weighted by Gasteiger charge is 2.29. The normalized spacial score (nSPS) is 14.6. The summed E-state index contributed by atoms with van der Waals surface area (Å²) in [5.41, 5.74) is 3.66. The van der Waals surface area contributed by atoms with Gasteiger partial charge in [-0.05, 0) is 24.6 Å². The lowest BCUT2D eigenvalue weighted by atomic mass is 10.0. The Morgan fingerprint density at radius 1 is 0.919 bits per heavy atom. The van der Waals surface area contributed by atoms with Crippen molar-refractivity contribution in [3.8, 4) is 0 Å². The van der Waals surface area contributed by atoms with Crippen LogP contribution in [0.4, 0.5) is 11.5 Å². The van der Waals surface area contributed by atoms with Gasteiger partial charge in [-0.1, -0.05) is 78.3 Å². The van der Waals surface area contributed by atoms with E-state index in [9.17, 15) is 14.4 Å². The van der Waals surface area contributed by atoms with Crippen LogP contribution in [0.1, 0.15) is 37.5 Å². The molecule has 9 nitrogen and oxygen atoms in total. The number of hydrogen-bond acceptors (Lipinski definition) is 5. The highest BCUT2D eigenvalue weighted by molar-refractivity contribution is 6.36. The number of halogens is 1. The Balaban J connectivity index is 1.40. The van der Waals surface area contributed by atoms with Crippen molar-refractivity contribution in [2.75, 3.05) is 10.6 Å². The van der Waals surface area contributed by atoms with Gasteiger partial charge in [-0.2, -0.15) is 5.10 Å². The Morgan fingerprint density at radius 2 is 1.62 bits per heavy atom. The molecule has 0 fully saturated rings. The molecule has 1 aliphatic rings. The van der Waals surface area contributed by atoms with E-state index in [-0.39, 0.29) is 16.5 Å². The van der Waals surface area contributed by atoms with E-state index in [0.29, 0.717) is 17.0 Å². The molecule has 5 rings (SSSR count). The number of hydrogen-bond donors (Lipinski definition) is 4. The minimum Gasteiger partial charge on any atom is -0.322 e. The van der Waals surface area contributed by atoms with E-state index in [1.807, 2.05) is 61.5 Å². The van der Waals surface area contributed by atoms with E-state index in [1.165, 1.54) is 0 Å². The van der Waals surface area contributed by atoms with Crippen LogP contribution in [0.25, 0.3) is 0 Å². The molecule has 4 aromatic rings. The quantitative estimate of drug-likeness (QED) is 0.320. The Hall–Kier alpha value is -4.76. The van der Waals surface area contributed by atoms with Crippen LogP contribution in [0.2, 0.25) is 5.02 Å². The Morgan fingerprint density at radius 3 is 2.41 bits per heavy atom. The summed E-state index contributed by atoms with van der Waals surface area (Å²) < 4.78 is 0. The zero-order chi connectivity index (χ0) is 25.9. The summed E-state index contributed by atoms with van der Waals surface area (Å²) >= 11 is 6.37. The number of aryl methyl sites for hydroxylation is 1. The Kier molecular flexibility index (Phi) is 6.53. The maximum Gasteiger partial charge on any atom is 0.275 e.